The van der Waals surface area contributed by atoms with Crippen LogP contribution in [0.15, 0.2) is 11.6 Å². The van der Waals surface area contributed by atoms with E-state index in [9.17, 15) is 0 Å². The zero-order valence-electron chi connectivity index (χ0n) is 12.0. The minimum Gasteiger partial charge on any atom is -0.330 e. The molecule has 0 heterocycles. The molecule has 0 aliphatic heterocycles. The van der Waals surface area contributed by atoms with Crippen molar-refractivity contribution in [1.29, 1.82) is 0 Å². The Balaban J connectivity index is 0.000000180. The molecule has 0 unspecified atom stereocenters. The molecule has 2 heteroatoms. The lowest BCUT2D eigenvalue weighted by atomic mass is 9.87. The Bertz CT molecular complexity index is 214. The van der Waals surface area contributed by atoms with Gasteiger partial charge in [-0.25, -0.2) is 0 Å². The van der Waals surface area contributed by atoms with Crippen molar-refractivity contribution in [3.05, 3.63) is 11.6 Å². The normalized spacial score (nSPS) is 20.9. The van der Waals surface area contributed by atoms with Crippen molar-refractivity contribution in [1.82, 2.24) is 0 Å². The van der Waals surface area contributed by atoms with Gasteiger partial charge in [0.15, 0.2) is 0 Å². The second-order valence-electron chi connectivity index (χ2n) is 5.73. The van der Waals surface area contributed by atoms with E-state index in [1.54, 1.807) is 5.57 Å². The smallest absolute Gasteiger partial charge is 0.00399 e. The summed E-state index contributed by atoms with van der Waals surface area (Å²) in [6.07, 6.45) is 17.3. The van der Waals surface area contributed by atoms with Gasteiger partial charge in [0.1, 0.15) is 0 Å². The number of hydrogen-bond acceptors (Lipinski definition) is 2. The molecule has 0 aromatic heterocycles. The zero-order chi connectivity index (χ0) is 13.1. The Hall–Kier alpha value is -0.340. The molecule has 0 saturated heterocycles. The largest absolute Gasteiger partial charge is 0.330 e. The van der Waals surface area contributed by atoms with Gasteiger partial charge in [0.05, 0.1) is 0 Å². The van der Waals surface area contributed by atoms with E-state index in [-0.39, 0.29) is 0 Å². The first-order chi connectivity index (χ1) is 8.86. The lowest BCUT2D eigenvalue weighted by molar-refractivity contribution is 0.343. The summed E-state index contributed by atoms with van der Waals surface area (Å²) in [4.78, 5) is 0. The van der Waals surface area contributed by atoms with Gasteiger partial charge in [0.25, 0.3) is 0 Å². The standard InChI is InChI=1S/C8H17N.C8H15N/c2*9-7-6-8-4-2-1-3-5-8/h8H,1-7,9H2;4H,1-3,5-7,9H2. The first-order valence-corrected chi connectivity index (χ1v) is 7.95. The van der Waals surface area contributed by atoms with Crippen LogP contribution in [0.2, 0.25) is 0 Å². The average molecular weight is 252 g/mol. The third kappa shape index (κ3) is 7.17. The molecule has 0 aromatic rings. The molecular formula is C16H32N2. The highest BCUT2D eigenvalue weighted by Gasteiger charge is 2.11. The lowest BCUT2D eigenvalue weighted by Gasteiger charge is -2.20. The molecule has 2 rings (SSSR count). The molecular weight excluding hydrogens is 220 g/mol. The number of nitrogens with two attached hydrogens (primary N) is 2. The van der Waals surface area contributed by atoms with Crippen molar-refractivity contribution >= 4 is 0 Å². The molecule has 0 spiro atoms. The summed E-state index contributed by atoms with van der Waals surface area (Å²) in [5.74, 6) is 0.976. The van der Waals surface area contributed by atoms with Crippen LogP contribution >= 0.6 is 0 Å². The van der Waals surface area contributed by atoms with E-state index in [0.29, 0.717) is 0 Å². The maximum absolute atomic E-state index is 5.46. The molecule has 0 amide bonds. The highest BCUT2D eigenvalue weighted by molar-refractivity contribution is 5.04. The molecule has 2 aliphatic rings. The van der Waals surface area contributed by atoms with Crippen LogP contribution in [0, 0.1) is 5.92 Å². The Kier molecular flexibility index (Phi) is 9.23. The van der Waals surface area contributed by atoms with Gasteiger partial charge >= 0.3 is 0 Å². The number of allylic oxidation sites excluding steroid dienone is 1. The van der Waals surface area contributed by atoms with Gasteiger partial charge in [0, 0.05) is 0 Å². The van der Waals surface area contributed by atoms with Crippen molar-refractivity contribution in [3.8, 4) is 0 Å². The lowest BCUT2D eigenvalue weighted by Crippen LogP contribution is -2.11. The topological polar surface area (TPSA) is 52.0 Å². The maximum atomic E-state index is 5.46. The summed E-state index contributed by atoms with van der Waals surface area (Å²) >= 11 is 0. The van der Waals surface area contributed by atoms with E-state index in [2.05, 4.69) is 6.08 Å². The minimum atomic E-state index is 0.825. The SMILES string of the molecule is NCCC1=CCCCC1.NCCC1CCCCC1. The third-order valence-corrected chi connectivity index (χ3v) is 4.15. The van der Waals surface area contributed by atoms with E-state index in [0.717, 1.165) is 25.4 Å². The fourth-order valence-corrected chi connectivity index (χ4v) is 3.03. The molecule has 2 nitrogen and oxygen atoms in total. The van der Waals surface area contributed by atoms with Crippen LogP contribution < -0.4 is 11.5 Å². The summed E-state index contributed by atoms with van der Waals surface area (Å²) in [7, 11) is 0. The van der Waals surface area contributed by atoms with Crippen molar-refractivity contribution in [2.45, 2.75) is 70.6 Å². The summed E-state index contributed by atoms with van der Waals surface area (Å²) in [6, 6.07) is 0. The van der Waals surface area contributed by atoms with Gasteiger partial charge in [-0.3, -0.25) is 0 Å². The molecule has 2 aliphatic carbocycles. The summed E-state index contributed by atoms with van der Waals surface area (Å²) in [5.41, 5.74) is 12.5. The minimum absolute atomic E-state index is 0.825. The van der Waals surface area contributed by atoms with Gasteiger partial charge in [-0.2, -0.15) is 0 Å². The molecule has 1 saturated carbocycles. The number of rotatable bonds is 4. The first kappa shape index (κ1) is 15.7. The van der Waals surface area contributed by atoms with Crippen LogP contribution in [-0.2, 0) is 0 Å². The van der Waals surface area contributed by atoms with Gasteiger partial charge in [-0.15, -0.1) is 0 Å². The zero-order valence-corrected chi connectivity index (χ0v) is 12.0. The number of hydrogen-bond donors (Lipinski definition) is 2. The monoisotopic (exact) mass is 252 g/mol. The van der Waals surface area contributed by atoms with Gasteiger partial charge in [-0.1, -0.05) is 43.8 Å². The molecule has 0 aromatic carbocycles. The highest BCUT2D eigenvalue weighted by atomic mass is 14.5. The van der Waals surface area contributed by atoms with Crippen molar-refractivity contribution in [2.24, 2.45) is 17.4 Å². The molecule has 0 radical (unpaired) electrons. The van der Waals surface area contributed by atoms with Crippen LogP contribution in [-0.4, -0.2) is 13.1 Å². The van der Waals surface area contributed by atoms with E-state index >= 15 is 0 Å². The summed E-state index contributed by atoms with van der Waals surface area (Å²) in [5, 5.41) is 0. The van der Waals surface area contributed by atoms with Crippen molar-refractivity contribution in [2.75, 3.05) is 13.1 Å². The highest BCUT2D eigenvalue weighted by Crippen LogP contribution is 2.25. The van der Waals surface area contributed by atoms with E-state index in [4.69, 9.17) is 11.5 Å². The van der Waals surface area contributed by atoms with Gasteiger partial charge < -0.3 is 11.5 Å². The van der Waals surface area contributed by atoms with Crippen molar-refractivity contribution in [3.63, 3.8) is 0 Å². The molecule has 18 heavy (non-hydrogen) atoms. The molecule has 106 valence electrons. The van der Waals surface area contributed by atoms with E-state index < -0.39 is 0 Å². The average Bonchev–Trinajstić information content (AvgIpc) is 2.43. The maximum Gasteiger partial charge on any atom is -0.00399 e. The predicted octanol–water partition coefficient (Wildman–Crippen LogP) is 3.75. The molecule has 4 N–H and O–H groups in total. The predicted molar refractivity (Wildman–Crippen MR) is 80.5 cm³/mol. The van der Waals surface area contributed by atoms with Crippen LogP contribution in [0.3, 0.4) is 0 Å². The molecule has 1 fully saturated rings. The fraction of sp³-hybridized carbons (Fsp3) is 0.875. The van der Waals surface area contributed by atoms with Crippen molar-refractivity contribution < 1.29 is 0 Å². The Morgan fingerprint density at radius 2 is 1.72 bits per heavy atom. The summed E-state index contributed by atoms with van der Waals surface area (Å²) in [6.45, 7) is 1.72. The third-order valence-electron chi connectivity index (χ3n) is 4.15. The van der Waals surface area contributed by atoms with Gasteiger partial charge in [-0.05, 0) is 57.5 Å². The second-order valence-corrected chi connectivity index (χ2v) is 5.73. The summed E-state index contributed by atoms with van der Waals surface area (Å²) < 4.78 is 0. The Labute approximate surface area is 113 Å². The van der Waals surface area contributed by atoms with Gasteiger partial charge in [0.2, 0.25) is 0 Å². The Morgan fingerprint density at radius 3 is 2.28 bits per heavy atom. The molecule has 0 atom stereocenters. The van der Waals surface area contributed by atoms with E-state index in [1.807, 2.05) is 0 Å². The quantitative estimate of drug-likeness (QED) is 0.749. The van der Waals surface area contributed by atoms with E-state index in [1.165, 1.54) is 64.2 Å². The Morgan fingerprint density at radius 1 is 0.944 bits per heavy atom. The molecule has 0 bridgehead atoms. The first-order valence-electron chi connectivity index (χ1n) is 7.95. The van der Waals surface area contributed by atoms with Crippen LogP contribution in [0.25, 0.3) is 0 Å². The fourth-order valence-electron chi connectivity index (χ4n) is 3.03. The second kappa shape index (κ2) is 10.6. The van der Waals surface area contributed by atoms with Crippen LogP contribution in [0.4, 0.5) is 0 Å². The van der Waals surface area contributed by atoms with Crippen LogP contribution in [0.5, 0.6) is 0 Å². The van der Waals surface area contributed by atoms with Crippen LogP contribution in [0.1, 0.15) is 70.6 Å².